The van der Waals surface area contributed by atoms with Crippen molar-refractivity contribution in [3.63, 3.8) is 0 Å². The van der Waals surface area contributed by atoms with Gasteiger partial charge >= 0.3 is 5.97 Å². The zero-order chi connectivity index (χ0) is 18.8. The van der Waals surface area contributed by atoms with Crippen LogP contribution in [-0.2, 0) is 9.53 Å². The zero-order valence-corrected chi connectivity index (χ0v) is 16.6. The summed E-state index contributed by atoms with van der Waals surface area (Å²) in [6.45, 7) is 7.24. The van der Waals surface area contributed by atoms with Gasteiger partial charge in [-0.05, 0) is 38.1 Å². The van der Waals surface area contributed by atoms with Gasteiger partial charge in [-0.15, -0.1) is 0 Å². The lowest BCUT2D eigenvalue weighted by Crippen LogP contribution is -3.11. The molecule has 2 aromatic rings. The van der Waals surface area contributed by atoms with Crippen molar-refractivity contribution in [2.75, 3.05) is 37.7 Å². The molecule has 0 bridgehead atoms. The molecule has 0 aliphatic heterocycles. The Kier molecular flexibility index (Phi) is 10.2. The third-order valence-electron chi connectivity index (χ3n) is 4.34. The van der Waals surface area contributed by atoms with Gasteiger partial charge in [-0.3, -0.25) is 14.5 Å². The van der Waals surface area contributed by atoms with Gasteiger partial charge in [-0.25, -0.2) is 0 Å². The lowest BCUT2D eigenvalue weighted by molar-refractivity contribution is -0.896. The molecule has 2 aromatic carbocycles. The summed E-state index contributed by atoms with van der Waals surface area (Å²) in [5.74, 6) is -0.618. The molecule has 0 spiro atoms. The molecule has 6 heteroatoms. The van der Waals surface area contributed by atoms with E-state index in [2.05, 4.69) is 13.8 Å². The van der Waals surface area contributed by atoms with Crippen LogP contribution < -0.4 is 22.2 Å². The van der Waals surface area contributed by atoms with Crippen LogP contribution in [0.2, 0.25) is 0 Å². The second-order valence-corrected chi connectivity index (χ2v) is 6.02. The predicted molar refractivity (Wildman–Crippen MR) is 102 cm³/mol. The first-order chi connectivity index (χ1) is 12.7. The van der Waals surface area contributed by atoms with Crippen LogP contribution in [0.15, 0.2) is 60.7 Å². The molecule has 0 unspecified atom stereocenters. The number of anilines is 1. The van der Waals surface area contributed by atoms with E-state index in [1.165, 1.54) is 9.80 Å². The number of nitrogens with one attached hydrogen (secondary N) is 1. The van der Waals surface area contributed by atoms with E-state index in [1.54, 1.807) is 12.1 Å². The Bertz CT molecular complexity index is 691. The molecule has 0 saturated heterocycles. The average molecular weight is 391 g/mol. The van der Waals surface area contributed by atoms with Crippen LogP contribution in [-0.4, -0.2) is 44.7 Å². The van der Waals surface area contributed by atoms with Crippen LogP contribution in [0.25, 0.3) is 0 Å². The van der Waals surface area contributed by atoms with Crippen LogP contribution in [0.3, 0.4) is 0 Å². The number of carbonyl (C=O) groups is 2. The number of amides is 1. The molecule has 146 valence electrons. The number of carbonyl (C=O) groups excluding carboxylic acids is 2. The van der Waals surface area contributed by atoms with Crippen molar-refractivity contribution in [3.8, 4) is 0 Å². The molecule has 0 aliphatic carbocycles. The Morgan fingerprint density at radius 3 is 2.04 bits per heavy atom. The summed E-state index contributed by atoms with van der Waals surface area (Å²) in [4.78, 5) is 28.0. The van der Waals surface area contributed by atoms with Crippen LogP contribution in [0, 0.1) is 0 Å². The molecule has 0 atom stereocenters. The summed E-state index contributed by atoms with van der Waals surface area (Å²) in [6.07, 6.45) is 0. The van der Waals surface area contributed by atoms with E-state index >= 15 is 0 Å². The predicted octanol–water partition coefficient (Wildman–Crippen LogP) is -1.19. The maximum Gasteiger partial charge on any atom is 0.326 e. The third-order valence-corrected chi connectivity index (χ3v) is 4.34. The Balaban J connectivity index is 0.00000364. The van der Waals surface area contributed by atoms with Gasteiger partial charge in [0.15, 0.2) is 0 Å². The number of benzene rings is 2. The van der Waals surface area contributed by atoms with E-state index in [1.807, 2.05) is 48.5 Å². The van der Waals surface area contributed by atoms with Gasteiger partial charge < -0.3 is 22.0 Å². The minimum absolute atomic E-state index is 0. The Labute approximate surface area is 167 Å². The highest BCUT2D eigenvalue weighted by Crippen LogP contribution is 2.16. The minimum atomic E-state index is -0.398. The van der Waals surface area contributed by atoms with Crippen molar-refractivity contribution in [2.45, 2.75) is 13.8 Å². The first kappa shape index (κ1) is 22.7. The number of hydrogen-bond donors (Lipinski definition) is 1. The maximum atomic E-state index is 12.9. The van der Waals surface area contributed by atoms with E-state index < -0.39 is 5.97 Å². The summed E-state index contributed by atoms with van der Waals surface area (Å²) >= 11 is 0. The molecule has 0 fully saturated rings. The Hall–Kier alpha value is -2.37. The van der Waals surface area contributed by atoms with Gasteiger partial charge in [0.1, 0.15) is 19.7 Å². The normalized spacial score (nSPS) is 10.2. The number of likely N-dealkylation sites (N-methyl/N-ethyl adjacent to an activating group) is 1. The van der Waals surface area contributed by atoms with Crippen molar-refractivity contribution >= 4 is 17.6 Å². The molecule has 0 radical (unpaired) electrons. The number of halogens is 1. The smallest absolute Gasteiger partial charge is 0.326 e. The topological polar surface area (TPSA) is 51.1 Å². The fourth-order valence-corrected chi connectivity index (χ4v) is 2.71. The molecule has 0 saturated carbocycles. The monoisotopic (exact) mass is 390 g/mol. The molecule has 2 rings (SSSR count). The Morgan fingerprint density at radius 2 is 1.48 bits per heavy atom. The molecular weight excluding hydrogens is 364 g/mol. The van der Waals surface area contributed by atoms with Gasteiger partial charge in [0.05, 0.1) is 13.1 Å². The van der Waals surface area contributed by atoms with E-state index in [9.17, 15) is 9.59 Å². The minimum Gasteiger partial charge on any atom is -1.00 e. The second-order valence-electron chi connectivity index (χ2n) is 6.02. The van der Waals surface area contributed by atoms with Crippen molar-refractivity contribution in [2.24, 2.45) is 0 Å². The van der Waals surface area contributed by atoms with Crippen LogP contribution >= 0.6 is 0 Å². The van der Waals surface area contributed by atoms with Crippen molar-refractivity contribution in [1.29, 1.82) is 0 Å². The number of nitrogens with zero attached hydrogens (tertiary/aromatic N) is 1. The van der Waals surface area contributed by atoms with Crippen molar-refractivity contribution in [1.82, 2.24) is 0 Å². The number of para-hydroxylation sites is 1. The van der Waals surface area contributed by atoms with Gasteiger partial charge in [0.25, 0.3) is 5.91 Å². The first-order valence-corrected chi connectivity index (χ1v) is 9.06. The van der Waals surface area contributed by atoms with Crippen LogP contribution in [0.1, 0.15) is 24.2 Å². The fourth-order valence-electron chi connectivity index (χ4n) is 2.71. The van der Waals surface area contributed by atoms with E-state index in [0.29, 0.717) is 17.9 Å². The highest BCUT2D eigenvalue weighted by molar-refractivity contribution is 6.08. The molecule has 27 heavy (non-hydrogen) atoms. The summed E-state index contributed by atoms with van der Waals surface area (Å²) in [5, 5.41) is 0. The lowest BCUT2D eigenvalue weighted by atomic mass is 10.2. The van der Waals surface area contributed by atoms with E-state index in [-0.39, 0.29) is 24.9 Å². The van der Waals surface area contributed by atoms with Gasteiger partial charge in [-0.2, -0.15) is 0 Å². The second kappa shape index (κ2) is 12.1. The van der Waals surface area contributed by atoms with Crippen LogP contribution in [0.4, 0.5) is 5.69 Å². The molecular formula is C21H27ClN2O3. The summed E-state index contributed by atoms with van der Waals surface area (Å²) < 4.78 is 5.36. The largest absolute Gasteiger partial charge is 1.00 e. The number of ether oxygens (including phenoxy) is 1. The molecule has 5 nitrogen and oxygen atoms in total. The number of esters is 1. The SMILES string of the molecule is CC[NH+](CC)CCOC(=O)CN(C(=O)c1ccccc1)c1ccccc1.[Cl-]. The average Bonchev–Trinajstić information content (AvgIpc) is 2.70. The van der Waals surface area contributed by atoms with E-state index in [4.69, 9.17) is 4.74 Å². The molecule has 1 amide bonds. The highest BCUT2D eigenvalue weighted by Gasteiger charge is 2.21. The van der Waals surface area contributed by atoms with Crippen molar-refractivity contribution < 1.29 is 31.6 Å². The van der Waals surface area contributed by atoms with Gasteiger partial charge in [0, 0.05) is 11.3 Å². The standard InChI is InChI=1S/C21H26N2O3.ClH/c1-3-22(4-2)15-16-26-20(24)17-23(19-13-9-6-10-14-19)21(25)18-11-7-5-8-12-18;/h5-14H,3-4,15-17H2,1-2H3;1H. The Morgan fingerprint density at radius 1 is 0.926 bits per heavy atom. The third kappa shape index (κ3) is 7.04. The maximum absolute atomic E-state index is 12.9. The highest BCUT2D eigenvalue weighted by atomic mass is 35.5. The van der Waals surface area contributed by atoms with Crippen molar-refractivity contribution in [3.05, 3.63) is 66.2 Å². The number of quaternary nitrogens is 1. The summed E-state index contributed by atoms with van der Waals surface area (Å²) in [6, 6.07) is 18.1. The lowest BCUT2D eigenvalue weighted by Gasteiger charge is -2.22. The van der Waals surface area contributed by atoms with Crippen LogP contribution in [0.5, 0.6) is 0 Å². The van der Waals surface area contributed by atoms with Gasteiger partial charge in [-0.1, -0.05) is 36.4 Å². The zero-order valence-electron chi connectivity index (χ0n) is 15.9. The molecule has 0 aliphatic rings. The molecule has 0 aromatic heterocycles. The van der Waals surface area contributed by atoms with Gasteiger partial charge in [0.2, 0.25) is 0 Å². The molecule has 0 heterocycles. The first-order valence-electron chi connectivity index (χ1n) is 9.06. The fraction of sp³-hybridized carbons (Fsp3) is 0.333. The van der Waals surface area contributed by atoms with E-state index in [0.717, 1.165) is 19.6 Å². The molecule has 1 N–H and O–H groups in total. The number of hydrogen-bond acceptors (Lipinski definition) is 3. The summed E-state index contributed by atoms with van der Waals surface area (Å²) in [7, 11) is 0. The number of rotatable bonds is 9. The quantitative estimate of drug-likeness (QED) is 0.548. The summed E-state index contributed by atoms with van der Waals surface area (Å²) in [5.41, 5.74) is 1.21.